The highest BCUT2D eigenvalue weighted by molar-refractivity contribution is 5.61. The molecular weight excluding hydrogens is 214 g/mol. The van der Waals surface area contributed by atoms with E-state index >= 15 is 0 Å². The lowest BCUT2D eigenvalue weighted by Crippen LogP contribution is -2.44. The molecule has 0 atom stereocenters. The predicted octanol–water partition coefficient (Wildman–Crippen LogP) is 2.46. The van der Waals surface area contributed by atoms with E-state index < -0.39 is 0 Å². The van der Waals surface area contributed by atoms with Gasteiger partial charge in [-0.2, -0.15) is 0 Å². The molecule has 0 aromatic heterocycles. The molecule has 0 saturated heterocycles. The zero-order chi connectivity index (χ0) is 13.1. The Morgan fingerprint density at radius 2 is 2.00 bits per heavy atom. The van der Waals surface area contributed by atoms with Crippen molar-refractivity contribution in [2.45, 2.75) is 32.7 Å². The van der Waals surface area contributed by atoms with Crippen molar-refractivity contribution < 1.29 is 9.84 Å². The van der Waals surface area contributed by atoms with Crippen molar-refractivity contribution in [1.82, 2.24) is 0 Å². The van der Waals surface area contributed by atoms with Crippen LogP contribution in [0.15, 0.2) is 18.2 Å². The highest BCUT2D eigenvalue weighted by Crippen LogP contribution is 2.32. The average molecular weight is 237 g/mol. The van der Waals surface area contributed by atoms with Crippen LogP contribution in [0.3, 0.4) is 0 Å². The van der Waals surface area contributed by atoms with Crippen LogP contribution in [-0.4, -0.2) is 31.4 Å². The van der Waals surface area contributed by atoms with Crippen LogP contribution >= 0.6 is 0 Å². The predicted molar refractivity (Wildman–Crippen MR) is 71.9 cm³/mol. The largest absolute Gasteiger partial charge is 0.495 e. The minimum Gasteiger partial charge on any atom is -0.495 e. The first-order valence-electron chi connectivity index (χ1n) is 5.98. The van der Waals surface area contributed by atoms with E-state index in [-0.39, 0.29) is 12.1 Å². The van der Waals surface area contributed by atoms with E-state index in [0.29, 0.717) is 0 Å². The Bertz CT molecular complexity index is 374. The molecule has 0 fully saturated rings. The number of benzene rings is 1. The Morgan fingerprint density at radius 3 is 2.47 bits per heavy atom. The molecule has 3 nitrogen and oxygen atoms in total. The van der Waals surface area contributed by atoms with Crippen molar-refractivity contribution in [3.8, 4) is 5.75 Å². The summed E-state index contributed by atoms with van der Waals surface area (Å²) in [5.74, 6) is 0.839. The number of anilines is 1. The lowest BCUT2D eigenvalue weighted by molar-refractivity contribution is 0.215. The van der Waals surface area contributed by atoms with Gasteiger partial charge in [-0.05, 0) is 38.0 Å². The number of rotatable bonds is 5. The topological polar surface area (TPSA) is 32.7 Å². The number of methoxy groups -OCH3 is 1. The summed E-state index contributed by atoms with van der Waals surface area (Å²) >= 11 is 0. The van der Waals surface area contributed by atoms with Gasteiger partial charge < -0.3 is 14.7 Å². The van der Waals surface area contributed by atoms with Gasteiger partial charge in [0, 0.05) is 7.05 Å². The summed E-state index contributed by atoms with van der Waals surface area (Å²) < 4.78 is 5.38. The molecule has 1 N–H and O–H groups in total. The molecule has 0 heterocycles. The van der Waals surface area contributed by atoms with Gasteiger partial charge in [-0.3, -0.25) is 0 Å². The SMILES string of the molecule is CCc1ccc(OC)c(N(C)C(C)(C)CO)c1. The average Bonchev–Trinajstić information content (AvgIpc) is 2.36. The van der Waals surface area contributed by atoms with Gasteiger partial charge in [0.1, 0.15) is 5.75 Å². The van der Waals surface area contributed by atoms with E-state index in [2.05, 4.69) is 24.0 Å². The first kappa shape index (κ1) is 13.8. The van der Waals surface area contributed by atoms with E-state index in [4.69, 9.17) is 4.74 Å². The lowest BCUT2D eigenvalue weighted by atomic mass is 10.0. The Morgan fingerprint density at radius 1 is 1.35 bits per heavy atom. The quantitative estimate of drug-likeness (QED) is 0.854. The fourth-order valence-electron chi connectivity index (χ4n) is 1.65. The minimum absolute atomic E-state index is 0.100. The molecule has 1 aromatic carbocycles. The van der Waals surface area contributed by atoms with Gasteiger partial charge in [0.05, 0.1) is 24.9 Å². The summed E-state index contributed by atoms with van der Waals surface area (Å²) in [6, 6.07) is 6.18. The van der Waals surface area contributed by atoms with Crippen LogP contribution in [0.5, 0.6) is 5.75 Å². The Hall–Kier alpha value is -1.22. The van der Waals surface area contributed by atoms with Crippen LogP contribution in [-0.2, 0) is 6.42 Å². The number of nitrogens with zero attached hydrogens (tertiary/aromatic N) is 1. The molecule has 0 unspecified atom stereocenters. The van der Waals surface area contributed by atoms with Crippen LogP contribution in [0.1, 0.15) is 26.3 Å². The molecule has 0 saturated carbocycles. The fourth-order valence-corrected chi connectivity index (χ4v) is 1.65. The maximum Gasteiger partial charge on any atom is 0.142 e. The molecule has 1 rings (SSSR count). The molecular formula is C14H23NO2. The molecule has 0 amide bonds. The van der Waals surface area contributed by atoms with Crippen molar-refractivity contribution in [1.29, 1.82) is 0 Å². The zero-order valence-corrected chi connectivity index (χ0v) is 11.4. The fraction of sp³-hybridized carbons (Fsp3) is 0.571. The van der Waals surface area contributed by atoms with Gasteiger partial charge in [0.15, 0.2) is 0 Å². The van der Waals surface area contributed by atoms with Crippen molar-refractivity contribution >= 4 is 5.69 Å². The minimum atomic E-state index is -0.306. The summed E-state index contributed by atoms with van der Waals surface area (Å²) in [5, 5.41) is 9.43. The van der Waals surface area contributed by atoms with Crippen molar-refractivity contribution in [2.24, 2.45) is 0 Å². The van der Waals surface area contributed by atoms with Crippen LogP contribution in [0, 0.1) is 0 Å². The Labute approximate surface area is 104 Å². The highest BCUT2D eigenvalue weighted by atomic mass is 16.5. The molecule has 0 radical (unpaired) electrons. The Balaban J connectivity index is 3.18. The number of aliphatic hydroxyl groups is 1. The van der Waals surface area contributed by atoms with Gasteiger partial charge in [0.25, 0.3) is 0 Å². The first-order valence-corrected chi connectivity index (χ1v) is 5.98. The van der Waals surface area contributed by atoms with Gasteiger partial charge >= 0.3 is 0 Å². The number of ether oxygens (including phenoxy) is 1. The molecule has 0 aliphatic heterocycles. The molecule has 0 spiro atoms. The first-order chi connectivity index (χ1) is 7.96. The molecule has 96 valence electrons. The van der Waals surface area contributed by atoms with Crippen molar-refractivity contribution in [3.63, 3.8) is 0 Å². The van der Waals surface area contributed by atoms with Gasteiger partial charge in [-0.1, -0.05) is 13.0 Å². The van der Waals surface area contributed by atoms with Crippen LogP contribution in [0.25, 0.3) is 0 Å². The van der Waals surface area contributed by atoms with Gasteiger partial charge in [0.2, 0.25) is 0 Å². The maximum absolute atomic E-state index is 9.43. The molecule has 3 heteroatoms. The smallest absolute Gasteiger partial charge is 0.142 e. The number of hydrogen-bond donors (Lipinski definition) is 1. The Kier molecular flexibility index (Phi) is 4.40. The number of aryl methyl sites for hydroxylation is 1. The van der Waals surface area contributed by atoms with Crippen molar-refractivity contribution in [2.75, 3.05) is 25.7 Å². The summed E-state index contributed by atoms with van der Waals surface area (Å²) in [4.78, 5) is 2.06. The summed E-state index contributed by atoms with van der Waals surface area (Å²) in [7, 11) is 3.65. The van der Waals surface area contributed by atoms with E-state index in [1.54, 1.807) is 7.11 Å². The van der Waals surface area contributed by atoms with Crippen LogP contribution < -0.4 is 9.64 Å². The van der Waals surface area contributed by atoms with Crippen LogP contribution in [0.2, 0.25) is 0 Å². The molecule has 1 aromatic rings. The molecule has 17 heavy (non-hydrogen) atoms. The normalized spacial score (nSPS) is 11.4. The molecule has 0 aliphatic rings. The number of hydrogen-bond acceptors (Lipinski definition) is 3. The second kappa shape index (κ2) is 5.41. The molecule has 0 aliphatic carbocycles. The third kappa shape index (κ3) is 2.91. The van der Waals surface area contributed by atoms with Crippen LogP contribution in [0.4, 0.5) is 5.69 Å². The summed E-state index contributed by atoms with van der Waals surface area (Å²) in [5.41, 5.74) is 1.98. The van der Waals surface area contributed by atoms with Crippen molar-refractivity contribution in [3.05, 3.63) is 23.8 Å². The second-order valence-corrected chi connectivity index (χ2v) is 4.89. The number of likely N-dealkylation sites (N-methyl/N-ethyl adjacent to an activating group) is 1. The number of aliphatic hydroxyl groups excluding tert-OH is 1. The van der Waals surface area contributed by atoms with Gasteiger partial charge in [-0.25, -0.2) is 0 Å². The van der Waals surface area contributed by atoms with E-state index in [1.165, 1.54) is 5.56 Å². The second-order valence-electron chi connectivity index (χ2n) is 4.89. The third-order valence-corrected chi connectivity index (χ3v) is 3.31. The third-order valence-electron chi connectivity index (χ3n) is 3.31. The summed E-state index contributed by atoms with van der Waals surface area (Å²) in [6.45, 7) is 6.24. The zero-order valence-electron chi connectivity index (χ0n) is 11.4. The molecule has 0 bridgehead atoms. The van der Waals surface area contributed by atoms with E-state index in [9.17, 15) is 5.11 Å². The van der Waals surface area contributed by atoms with E-state index in [0.717, 1.165) is 17.9 Å². The summed E-state index contributed by atoms with van der Waals surface area (Å²) in [6.07, 6.45) is 0.990. The van der Waals surface area contributed by atoms with E-state index in [1.807, 2.05) is 27.0 Å². The lowest BCUT2D eigenvalue weighted by Gasteiger charge is -2.36. The monoisotopic (exact) mass is 237 g/mol. The standard InChI is InChI=1S/C14H23NO2/c1-6-11-7-8-13(17-5)12(9-11)15(4)14(2,3)10-16/h7-9,16H,6,10H2,1-5H3. The van der Waals surface area contributed by atoms with Gasteiger partial charge in [-0.15, -0.1) is 0 Å². The maximum atomic E-state index is 9.43. The highest BCUT2D eigenvalue weighted by Gasteiger charge is 2.25.